The van der Waals surface area contributed by atoms with Crippen molar-refractivity contribution in [1.29, 1.82) is 0 Å². The van der Waals surface area contributed by atoms with Gasteiger partial charge < -0.3 is 24.5 Å². The van der Waals surface area contributed by atoms with Crippen molar-refractivity contribution in [2.75, 3.05) is 66.2 Å². The van der Waals surface area contributed by atoms with Crippen LogP contribution in [0.25, 0.3) is 0 Å². The zero-order valence-electron chi connectivity index (χ0n) is 16.5. The predicted octanol–water partition coefficient (Wildman–Crippen LogP) is 2.12. The quantitative estimate of drug-likeness (QED) is 0.201. The number of morpholine rings is 1. The molecule has 0 amide bonds. The molecule has 1 aromatic rings. The van der Waals surface area contributed by atoms with Crippen LogP contribution in [0, 0.1) is 0 Å². The maximum Gasteiger partial charge on any atom is 0.191 e. The molecule has 0 radical (unpaired) electrons. The van der Waals surface area contributed by atoms with Gasteiger partial charge in [-0.05, 0) is 31.4 Å². The van der Waals surface area contributed by atoms with Gasteiger partial charge in [-0.15, -0.1) is 24.0 Å². The number of ether oxygens (including phenoxy) is 2. The van der Waals surface area contributed by atoms with Crippen molar-refractivity contribution in [3.8, 4) is 0 Å². The van der Waals surface area contributed by atoms with Crippen LogP contribution >= 0.6 is 24.0 Å². The summed E-state index contributed by atoms with van der Waals surface area (Å²) in [6.45, 7) is 8.20. The van der Waals surface area contributed by atoms with Gasteiger partial charge >= 0.3 is 0 Å². The topological polar surface area (TPSA) is 71.3 Å². The van der Waals surface area contributed by atoms with Crippen molar-refractivity contribution >= 4 is 29.9 Å². The van der Waals surface area contributed by atoms with Gasteiger partial charge in [-0.25, -0.2) is 0 Å². The predicted molar refractivity (Wildman–Crippen MR) is 119 cm³/mol. The Balaban J connectivity index is 0.00000364. The molecule has 1 saturated heterocycles. The number of nitrogens with one attached hydrogen (secondary N) is 2. The minimum absolute atomic E-state index is 0. The van der Waals surface area contributed by atoms with E-state index in [4.69, 9.17) is 18.9 Å². The molecule has 2 N–H and O–H groups in total. The summed E-state index contributed by atoms with van der Waals surface area (Å²) in [5.74, 6) is 1.88. The maximum absolute atomic E-state index is 5.39. The molecule has 27 heavy (non-hydrogen) atoms. The molecule has 0 spiro atoms. The van der Waals surface area contributed by atoms with Gasteiger partial charge in [-0.2, -0.15) is 0 Å². The number of rotatable bonds is 12. The molecule has 1 aromatic heterocycles. The van der Waals surface area contributed by atoms with E-state index < -0.39 is 0 Å². The number of nitrogens with zero attached hydrogens (tertiary/aromatic N) is 2. The van der Waals surface area contributed by atoms with E-state index in [0.29, 0.717) is 0 Å². The SMILES string of the molecule is COCCCCNC(=NCCCN1CCOCC1)NCCc1ccco1.I. The van der Waals surface area contributed by atoms with Crippen molar-refractivity contribution in [2.24, 2.45) is 4.99 Å². The van der Waals surface area contributed by atoms with Gasteiger partial charge in [-0.1, -0.05) is 0 Å². The summed E-state index contributed by atoms with van der Waals surface area (Å²) in [4.78, 5) is 7.17. The zero-order chi connectivity index (χ0) is 18.3. The summed E-state index contributed by atoms with van der Waals surface area (Å²) in [7, 11) is 1.74. The van der Waals surface area contributed by atoms with Gasteiger partial charge in [0.05, 0.1) is 19.5 Å². The number of unbranched alkanes of at least 4 members (excludes halogenated alkanes) is 1. The maximum atomic E-state index is 5.39. The lowest BCUT2D eigenvalue weighted by Gasteiger charge is -2.26. The van der Waals surface area contributed by atoms with Crippen molar-refractivity contribution < 1.29 is 13.9 Å². The van der Waals surface area contributed by atoms with E-state index in [1.165, 1.54) is 0 Å². The molecular formula is C19H35IN4O3. The van der Waals surface area contributed by atoms with E-state index in [9.17, 15) is 0 Å². The Hall–Kier alpha value is -0.840. The van der Waals surface area contributed by atoms with E-state index in [2.05, 4.69) is 15.5 Å². The first kappa shape index (κ1) is 24.2. The Morgan fingerprint density at radius 3 is 2.74 bits per heavy atom. The normalized spacial score (nSPS) is 15.4. The molecule has 0 aliphatic carbocycles. The average Bonchev–Trinajstić information content (AvgIpc) is 3.19. The Morgan fingerprint density at radius 1 is 1.19 bits per heavy atom. The number of furan rings is 1. The van der Waals surface area contributed by atoms with Crippen molar-refractivity contribution in [2.45, 2.75) is 25.7 Å². The van der Waals surface area contributed by atoms with Gasteiger partial charge in [0.25, 0.3) is 0 Å². The molecule has 156 valence electrons. The second kappa shape index (κ2) is 16.1. The molecule has 2 heterocycles. The first-order valence-corrected chi connectivity index (χ1v) is 9.72. The van der Waals surface area contributed by atoms with Crippen LogP contribution < -0.4 is 10.6 Å². The van der Waals surface area contributed by atoms with E-state index >= 15 is 0 Å². The third-order valence-corrected chi connectivity index (χ3v) is 4.32. The summed E-state index contributed by atoms with van der Waals surface area (Å²) in [5, 5.41) is 6.82. The molecule has 1 aliphatic rings. The van der Waals surface area contributed by atoms with Gasteiger partial charge in [0, 0.05) is 59.4 Å². The highest BCUT2D eigenvalue weighted by Gasteiger charge is 2.09. The fraction of sp³-hybridized carbons (Fsp3) is 0.737. The van der Waals surface area contributed by atoms with Gasteiger partial charge in [-0.3, -0.25) is 9.89 Å². The minimum atomic E-state index is 0. The fourth-order valence-electron chi connectivity index (χ4n) is 2.82. The van der Waals surface area contributed by atoms with E-state index in [1.54, 1.807) is 13.4 Å². The second-order valence-corrected chi connectivity index (χ2v) is 6.42. The molecule has 0 unspecified atom stereocenters. The van der Waals surface area contributed by atoms with Crippen LogP contribution in [0.2, 0.25) is 0 Å². The first-order valence-electron chi connectivity index (χ1n) is 9.72. The number of methoxy groups -OCH3 is 1. The van der Waals surface area contributed by atoms with Crippen molar-refractivity contribution in [3.63, 3.8) is 0 Å². The molecule has 8 heteroatoms. The molecule has 0 atom stereocenters. The lowest BCUT2D eigenvalue weighted by atomic mass is 10.3. The first-order chi connectivity index (χ1) is 12.9. The summed E-state index contributed by atoms with van der Waals surface area (Å²) in [5.41, 5.74) is 0. The van der Waals surface area contributed by atoms with E-state index in [0.717, 1.165) is 96.5 Å². The van der Waals surface area contributed by atoms with E-state index in [1.807, 2.05) is 12.1 Å². The molecule has 2 rings (SSSR count). The molecule has 7 nitrogen and oxygen atoms in total. The molecule has 0 saturated carbocycles. The fourth-order valence-corrected chi connectivity index (χ4v) is 2.82. The monoisotopic (exact) mass is 494 g/mol. The molecular weight excluding hydrogens is 459 g/mol. The van der Waals surface area contributed by atoms with E-state index in [-0.39, 0.29) is 24.0 Å². The number of hydrogen-bond acceptors (Lipinski definition) is 5. The molecule has 0 bridgehead atoms. The van der Waals surface area contributed by atoms with Crippen LogP contribution in [0.5, 0.6) is 0 Å². The standard InChI is InChI=1S/C19H34N4O3.HI/c1-24-14-3-2-8-20-19(22-10-7-18-6-4-15-26-18)21-9-5-11-23-12-16-25-17-13-23;/h4,6,15H,2-3,5,7-14,16-17H2,1H3,(H2,20,21,22);1H. The largest absolute Gasteiger partial charge is 0.469 e. The number of halogens is 1. The van der Waals surface area contributed by atoms with Crippen molar-refractivity contribution in [1.82, 2.24) is 15.5 Å². The zero-order valence-corrected chi connectivity index (χ0v) is 18.8. The number of hydrogen-bond donors (Lipinski definition) is 2. The Bertz CT molecular complexity index is 479. The minimum Gasteiger partial charge on any atom is -0.469 e. The molecule has 1 fully saturated rings. The third kappa shape index (κ3) is 11.6. The highest BCUT2D eigenvalue weighted by molar-refractivity contribution is 14.0. The van der Waals surface area contributed by atoms with Crippen LogP contribution in [0.4, 0.5) is 0 Å². The van der Waals surface area contributed by atoms with Crippen LogP contribution in [0.15, 0.2) is 27.8 Å². The highest BCUT2D eigenvalue weighted by atomic mass is 127. The van der Waals surface area contributed by atoms with Crippen LogP contribution in [0.3, 0.4) is 0 Å². The summed E-state index contributed by atoms with van der Waals surface area (Å²) < 4.78 is 15.9. The van der Waals surface area contributed by atoms with Gasteiger partial charge in [0.2, 0.25) is 0 Å². The lowest BCUT2D eigenvalue weighted by molar-refractivity contribution is 0.0377. The third-order valence-electron chi connectivity index (χ3n) is 4.32. The van der Waals surface area contributed by atoms with Gasteiger partial charge in [0.1, 0.15) is 5.76 Å². The summed E-state index contributed by atoms with van der Waals surface area (Å²) in [6.07, 6.45) is 5.75. The highest BCUT2D eigenvalue weighted by Crippen LogP contribution is 2.00. The summed E-state index contributed by atoms with van der Waals surface area (Å²) >= 11 is 0. The van der Waals surface area contributed by atoms with Gasteiger partial charge in [0.15, 0.2) is 5.96 Å². The lowest BCUT2D eigenvalue weighted by Crippen LogP contribution is -2.39. The number of aliphatic imine (C=N–C) groups is 1. The molecule has 1 aliphatic heterocycles. The van der Waals surface area contributed by atoms with Crippen LogP contribution in [0.1, 0.15) is 25.0 Å². The van der Waals surface area contributed by atoms with Crippen LogP contribution in [-0.2, 0) is 15.9 Å². The Morgan fingerprint density at radius 2 is 2.00 bits per heavy atom. The molecule has 0 aromatic carbocycles. The van der Waals surface area contributed by atoms with Crippen LogP contribution in [-0.4, -0.2) is 77.1 Å². The van der Waals surface area contributed by atoms with Crippen molar-refractivity contribution in [3.05, 3.63) is 24.2 Å². The Labute approximate surface area is 180 Å². The second-order valence-electron chi connectivity index (χ2n) is 6.42. The Kier molecular flexibility index (Phi) is 14.5. The summed E-state index contributed by atoms with van der Waals surface area (Å²) in [6, 6.07) is 3.92. The average molecular weight is 494 g/mol. The number of guanidine groups is 1. The smallest absolute Gasteiger partial charge is 0.191 e.